The molecule has 0 radical (unpaired) electrons. The Morgan fingerprint density at radius 1 is 1.17 bits per heavy atom. The fourth-order valence-electron chi connectivity index (χ4n) is 3.04. The van der Waals surface area contributed by atoms with Crippen molar-refractivity contribution in [1.29, 1.82) is 0 Å². The number of nitrogens with one attached hydrogen (secondary N) is 1. The molecular formula is C22H18ClN3O2S2. The third-order valence-electron chi connectivity index (χ3n) is 4.73. The minimum atomic E-state index is -0.186. The Kier molecular flexibility index (Phi) is 5.94. The lowest BCUT2D eigenvalue weighted by molar-refractivity contribution is -0.113. The zero-order valence-corrected chi connectivity index (χ0v) is 18.7. The van der Waals surface area contributed by atoms with Gasteiger partial charge in [0.2, 0.25) is 5.91 Å². The van der Waals surface area contributed by atoms with Crippen LogP contribution in [0.4, 0.5) is 5.69 Å². The molecule has 1 amide bonds. The van der Waals surface area contributed by atoms with Gasteiger partial charge in [0.1, 0.15) is 4.70 Å². The van der Waals surface area contributed by atoms with Crippen molar-refractivity contribution in [3.63, 3.8) is 0 Å². The van der Waals surface area contributed by atoms with Crippen LogP contribution in [0.25, 0.3) is 15.9 Å². The molecule has 152 valence electrons. The first-order valence-corrected chi connectivity index (χ1v) is 11.4. The number of hydrogen-bond donors (Lipinski definition) is 1. The number of thiophene rings is 1. The van der Waals surface area contributed by atoms with Crippen molar-refractivity contribution < 1.29 is 4.79 Å². The van der Waals surface area contributed by atoms with Crippen LogP contribution in [-0.2, 0) is 4.79 Å². The molecule has 2 aromatic carbocycles. The van der Waals surface area contributed by atoms with Gasteiger partial charge >= 0.3 is 0 Å². The molecule has 2 aromatic heterocycles. The molecule has 0 aliphatic rings. The number of carbonyl (C=O) groups is 1. The van der Waals surface area contributed by atoms with Crippen molar-refractivity contribution in [3.05, 3.63) is 80.4 Å². The van der Waals surface area contributed by atoms with Crippen molar-refractivity contribution in [2.75, 3.05) is 11.1 Å². The number of thioether (sulfide) groups is 1. The van der Waals surface area contributed by atoms with Crippen LogP contribution in [0.2, 0.25) is 5.02 Å². The summed E-state index contributed by atoms with van der Waals surface area (Å²) in [5, 5.41) is 5.79. The largest absolute Gasteiger partial charge is 0.325 e. The Balaban J connectivity index is 1.67. The number of benzene rings is 2. The van der Waals surface area contributed by atoms with E-state index >= 15 is 0 Å². The second kappa shape index (κ2) is 8.63. The molecule has 0 unspecified atom stereocenters. The van der Waals surface area contributed by atoms with Gasteiger partial charge in [-0.15, -0.1) is 11.3 Å². The minimum Gasteiger partial charge on any atom is -0.325 e. The van der Waals surface area contributed by atoms with Gasteiger partial charge < -0.3 is 5.32 Å². The average Bonchev–Trinajstić information content (AvgIpc) is 3.20. The summed E-state index contributed by atoms with van der Waals surface area (Å²) >= 11 is 8.50. The summed E-state index contributed by atoms with van der Waals surface area (Å²) in [6.07, 6.45) is 0. The summed E-state index contributed by atoms with van der Waals surface area (Å²) in [5.41, 5.74) is 4.06. The van der Waals surface area contributed by atoms with Gasteiger partial charge in [-0.05, 0) is 66.8 Å². The monoisotopic (exact) mass is 455 g/mol. The Hall–Kier alpha value is -2.61. The zero-order valence-electron chi connectivity index (χ0n) is 16.3. The summed E-state index contributed by atoms with van der Waals surface area (Å²) < 4.78 is 2.22. The average molecular weight is 456 g/mol. The van der Waals surface area contributed by atoms with E-state index in [-0.39, 0.29) is 17.2 Å². The molecule has 8 heteroatoms. The summed E-state index contributed by atoms with van der Waals surface area (Å²) in [6.45, 7) is 3.99. The van der Waals surface area contributed by atoms with Crippen molar-refractivity contribution in [2.24, 2.45) is 0 Å². The molecule has 0 atom stereocenters. The van der Waals surface area contributed by atoms with Crippen molar-refractivity contribution in [1.82, 2.24) is 9.55 Å². The molecule has 0 aliphatic carbocycles. The number of rotatable bonds is 5. The van der Waals surface area contributed by atoms with E-state index in [1.165, 1.54) is 23.1 Å². The van der Waals surface area contributed by atoms with E-state index in [0.717, 1.165) is 16.8 Å². The van der Waals surface area contributed by atoms with Crippen LogP contribution in [-0.4, -0.2) is 21.2 Å². The maximum Gasteiger partial charge on any atom is 0.276 e. The third-order valence-corrected chi connectivity index (χ3v) is 6.81. The van der Waals surface area contributed by atoms with E-state index in [1.807, 2.05) is 43.5 Å². The predicted molar refractivity (Wildman–Crippen MR) is 125 cm³/mol. The number of anilines is 1. The molecule has 0 fully saturated rings. The van der Waals surface area contributed by atoms with Crippen LogP contribution in [0.5, 0.6) is 0 Å². The highest BCUT2D eigenvalue weighted by Gasteiger charge is 2.17. The SMILES string of the molecule is Cc1cccc(-n2c(SCC(=O)Nc3ccc(Cl)cc3)nc3ccsc3c2=O)c1C. The molecule has 30 heavy (non-hydrogen) atoms. The molecule has 5 nitrogen and oxygen atoms in total. The molecule has 0 saturated heterocycles. The van der Waals surface area contributed by atoms with E-state index < -0.39 is 0 Å². The zero-order chi connectivity index (χ0) is 21.3. The van der Waals surface area contributed by atoms with Gasteiger partial charge in [0, 0.05) is 10.7 Å². The number of aromatic nitrogens is 2. The van der Waals surface area contributed by atoms with Gasteiger partial charge in [-0.25, -0.2) is 4.98 Å². The number of fused-ring (bicyclic) bond motifs is 1. The lowest BCUT2D eigenvalue weighted by Crippen LogP contribution is -2.23. The standard InChI is InChI=1S/C22H18ClN3O2S2/c1-13-4-3-5-18(14(13)2)26-21(28)20-17(10-11-29-20)25-22(26)30-12-19(27)24-16-8-6-15(23)7-9-16/h3-11H,12H2,1-2H3,(H,24,27). The molecule has 0 bridgehead atoms. The van der Waals surface area contributed by atoms with Crippen LogP contribution in [0.15, 0.2) is 63.9 Å². The lowest BCUT2D eigenvalue weighted by Gasteiger charge is -2.15. The van der Waals surface area contributed by atoms with Gasteiger partial charge in [-0.3, -0.25) is 14.2 Å². The maximum absolute atomic E-state index is 13.2. The number of carbonyl (C=O) groups excluding carboxylic acids is 1. The van der Waals surface area contributed by atoms with Crippen LogP contribution in [0.3, 0.4) is 0 Å². The second-order valence-corrected chi connectivity index (χ2v) is 9.03. The quantitative estimate of drug-likeness (QED) is 0.321. The van der Waals surface area contributed by atoms with E-state index in [1.54, 1.807) is 28.8 Å². The molecule has 0 aliphatic heterocycles. The summed E-state index contributed by atoms with van der Waals surface area (Å²) in [5.74, 6) is -0.0650. The van der Waals surface area contributed by atoms with Gasteiger partial charge in [0.15, 0.2) is 5.16 Å². The third kappa shape index (κ3) is 4.14. The van der Waals surface area contributed by atoms with Crippen LogP contribution >= 0.6 is 34.7 Å². The Morgan fingerprint density at radius 3 is 2.70 bits per heavy atom. The highest BCUT2D eigenvalue weighted by molar-refractivity contribution is 7.99. The highest BCUT2D eigenvalue weighted by Crippen LogP contribution is 2.26. The van der Waals surface area contributed by atoms with Gasteiger partial charge in [0.05, 0.1) is 17.0 Å². The Morgan fingerprint density at radius 2 is 1.93 bits per heavy atom. The van der Waals surface area contributed by atoms with Crippen LogP contribution in [0.1, 0.15) is 11.1 Å². The predicted octanol–water partition coefficient (Wildman–Crippen LogP) is 5.45. The van der Waals surface area contributed by atoms with Crippen molar-refractivity contribution >= 4 is 56.5 Å². The number of amides is 1. The topological polar surface area (TPSA) is 64.0 Å². The summed E-state index contributed by atoms with van der Waals surface area (Å²) in [4.78, 5) is 30.4. The molecule has 4 aromatic rings. The van der Waals surface area contributed by atoms with Gasteiger partial charge in [-0.1, -0.05) is 35.5 Å². The number of halogens is 1. The fraction of sp³-hybridized carbons (Fsp3) is 0.136. The van der Waals surface area contributed by atoms with Gasteiger partial charge in [-0.2, -0.15) is 0 Å². The van der Waals surface area contributed by atoms with E-state index in [2.05, 4.69) is 10.3 Å². The number of aryl methyl sites for hydroxylation is 1. The number of nitrogens with zero attached hydrogens (tertiary/aromatic N) is 2. The minimum absolute atomic E-state index is 0.121. The van der Waals surface area contributed by atoms with Crippen molar-refractivity contribution in [2.45, 2.75) is 19.0 Å². The number of hydrogen-bond acceptors (Lipinski definition) is 5. The molecule has 4 rings (SSSR count). The van der Waals surface area contributed by atoms with Crippen LogP contribution < -0.4 is 10.9 Å². The summed E-state index contributed by atoms with van der Waals surface area (Å²) in [7, 11) is 0. The lowest BCUT2D eigenvalue weighted by atomic mass is 10.1. The molecule has 0 saturated carbocycles. The first-order chi connectivity index (χ1) is 14.4. The normalized spacial score (nSPS) is 11.0. The molecule has 2 heterocycles. The first-order valence-electron chi connectivity index (χ1n) is 9.19. The smallest absolute Gasteiger partial charge is 0.276 e. The highest BCUT2D eigenvalue weighted by atomic mass is 35.5. The van der Waals surface area contributed by atoms with Crippen LogP contribution in [0, 0.1) is 13.8 Å². The van der Waals surface area contributed by atoms with E-state index in [0.29, 0.717) is 26.1 Å². The van der Waals surface area contributed by atoms with Gasteiger partial charge in [0.25, 0.3) is 5.56 Å². The Labute approximate surface area is 186 Å². The molecular weight excluding hydrogens is 438 g/mol. The van der Waals surface area contributed by atoms with E-state index in [4.69, 9.17) is 11.6 Å². The fourth-order valence-corrected chi connectivity index (χ4v) is 4.73. The Bertz CT molecular complexity index is 1300. The first kappa shape index (κ1) is 20.7. The second-order valence-electron chi connectivity index (χ2n) is 6.73. The maximum atomic E-state index is 13.2. The van der Waals surface area contributed by atoms with E-state index in [9.17, 15) is 9.59 Å². The summed E-state index contributed by atoms with van der Waals surface area (Å²) in [6, 6.07) is 14.6. The molecule has 1 N–H and O–H groups in total. The molecule has 0 spiro atoms. The van der Waals surface area contributed by atoms with Crippen molar-refractivity contribution in [3.8, 4) is 5.69 Å².